The highest BCUT2D eigenvalue weighted by Crippen LogP contribution is 2.07. The van der Waals surface area contributed by atoms with Crippen molar-refractivity contribution in [1.29, 1.82) is 0 Å². The first-order chi connectivity index (χ1) is 8.26. The number of methoxy groups -OCH3 is 1. The van der Waals surface area contributed by atoms with Crippen molar-refractivity contribution in [2.45, 2.75) is 52.0 Å². The average Bonchev–Trinajstić information content (AvgIpc) is 2.32. The van der Waals surface area contributed by atoms with Crippen molar-refractivity contribution in [2.75, 3.05) is 26.9 Å². The molecule has 17 heavy (non-hydrogen) atoms. The van der Waals surface area contributed by atoms with Crippen molar-refractivity contribution in [3.8, 4) is 0 Å². The minimum atomic E-state index is -0.179. The first-order valence-electron chi connectivity index (χ1n) is 6.65. The molecule has 0 aromatic rings. The molecule has 0 aromatic carbocycles. The Labute approximate surface area is 105 Å². The number of esters is 1. The molecular formula is C13H27NO3. The predicted octanol–water partition coefficient (Wildman–Crippen LogP) is 2.12. The van der Waals surface area contributed by atoms with Crippen LogP contribution in [-0.4, -0.2) is 38.9 Å². The Morgan fingerprint density at radius 2 is 2.00 bits per heavy atom. The maximum Gasteiger partial charge on any atom is 0.323 e. The maximum absolute atomic E-state index is 11.7. The van der Waals surface area contributed by atoms with Crippen molar-refractivity contribution in [3.63, 3.8) is 0 Å². The summed E-state index contributed by atoms with van der Waals surface area (Å²) in [6.07, 6.45) is 5.53. The number of hydrogen-bond donors (Lipinski definition) is 1. The molecule has 1 N–H and O–H groups in total. The van der Waals surface area contributed by atoms with Crippen LogP contribution in [0.15, 0.2) is 0 Å². The molecule has 0 spiro atoms. The summed E-state index contributed by atoms with van der Waals surface area (Å²) in [7, 11) is 1.66. The van der Waals surface area contributed by atoms with Gasteiger partial charge in [-0.1, -0.05) is 32.6 Å². The van der Waals surface area contributed by atoms with E-state index in [0.717, 1.165) is 12.8 Å². The highest BCUT2D eigenvalue weighted by molar-refractivity contribution is 5.75. The van der Waals surface area contributed by atoms with Gasteiger partial charge in [0.15, 0.2) is 0 Å². The Morgan fingerprint density at radius 3 is 2.59 bits per heavy atom. The molecule has 0 fully saturated rings. The lowest BCUT2D eigenvalue weighted by Gasteiger charge is -2.16. The smallest absolute Gasteiger partial charge is 0.323 e. The van der Waals surface area contributed by atoms with Crippen molar-refractivity contribution in [2.24, 2.45) is 0 Å². The van der Waals surface area contributed by atoms with E-state index >= 15 is 0 Å². The minimum Gasteiger partial charge on any atom is -0.465 e. The zero-order chi connectivity index (χ0) is 12.9. The van der Waals surface area contributed by atoms with Crippen molar-refractivity contribution < 1.29 is 14.3 Å². The van der Waals surface area contributed by atoms with E-state index in [0.29, 0.717) is 19.8 Å². The van der Waals surface area contributed by atoms with Crippen LogP contribution in [0.1, 0.15) is 46.0 Å². The minimum absolute atomic E-state index is 0.139. The van der Waals surface area contributed by atoms with Crippen molar-refractivity contribution in [3.05, 3.63) is 0 Å². The summed E-state index contributed by atoms with van der Waals surface area (Å²) in [6.45, 7) is 5.76. The Balaban J connectivity index is 3.87. The van der Waals surface area contributed by atoms with Crippen molar-refractivity contribution in [1.82, 2.24) is 5.32 Å². The van der Waals surface area contributed by atoms with Crippen LogP contribution in [0.3, 0.4) is 0 Å². The molecule has 0 rings (SSSR count). The van der Waals surface area contributed by atoms with Crippen LogP contribution in [-0.2, 0) is 14.3 Å². The average molecular weight is 245 g/mol. The molecule has 0 aliphatic heterocycles. The molecule has 0 aromatic heterocycles. The largest absolute Gasteiger partial charge is 0.465 e. The van der Waals surface area contributed by atoms with Gasteiger partial charge in [0.05, 0.1) is 13.2 Å². The lowest BCUT2D eigenvalue weighted by Crippen LogP contribution is -2.39. The molecule has 1 unspecified atom stereocenters. The summed E-state index contributed by atoms with van der Waals surface area (Å²) in [5, 5.41) is 3.18. The number of unbranched alkanes of at least 4 members (excludes halogenated alkanes) is 3. The fourth-order valence-corrected chi connectivity index (χ4v) is 1.66. The third-order valence-corrected chi connectivity index (χ3v) is 2.61. The van der Waals surface area contributed by atoms with Gasteiger partial charge in [-0.05, 0) is 13.3 Å². The van der Waals surface area contributed by atoms with Gasteiger partial charge in [-0.25, -0.2) is 0 Å². The second-order valence-electron chi connectivity index (χ2n) is 4.10. The Bertz CT molecular complexity index is 186. The second kappa shape index (κ2) is 11.9. The molecule has 0 amide bonds. The van der Waals surface area contributed by atoms with E-state index < -0.39 is 0 Å². The topological polar surface area (TPSA) is 47.6 Å². The van der Waals surface area contributed by atoms with E-state index in [2.05, 4.69) is 12.2 Å². The van der Waals surface area contributed by atoms with Crippen LogP contribution < -0.4 is 5.32 Å². The highest BCUT2D eigenvalue weighted by atomic mass is 16.5. The number of nitrogens with one attached hydrogen (secondary N) is 1. The van der Waals surface area contributed by atoms with Crippen LogP contribution in [0.4, 0.5) is 0 Å². The molecule has 1 atom stereocenters. The molecule has 0 radical (unpaired) electrons. The van der Waals surface area contributed by atoms with Crippen LogP contribution in [0.5, 0.6) is 0 Å². The highest BCUT2D eigenvalue weighted by Gasteiger charge is 2.18. The molecule has 0 aliphatic rings. The Hall–Kier alpha value is -0.610. The fraction of sp³-hybridized carbons (Fsp3) is 0.923. The third-order valence-electron chi connectivity index (χ3n) is 2.61. The fourth-order valence-electron chi connectivity index (χ4n) is 1.66. The van der Waals surface area contributed by atoms with Gasteiger partial charge in [-0.2, -0.15) is 0 Å². The van der Waals surface area contributed by atoms with Gasteiger partial charge >= 0.3 is 5.97 Å². The number of ether oxygens (including phenoxy) is 2. The first kappa shape index (κ1) is 16.4. The van der Waals surface area contributed by atoms with E-state index in [9.17, 15) is 4.79 Å². The summed E-state index contributed by atoms with van der Waals surface area (Å²) >= 11 is 0. The number of rotatable bonds is 11. The van der Waals surface area contributed by atoms with E-state index in [4.69, 9.17) is 9.47 Å². The molecule has 0 heterocycles. The van der Waals surface area contributed by atoms with Gasteiger partial charge in [0.1, 0.15) is 6.04 Å². The van der Waals surface area contributed by atoms with Crippen LogP contribution >= 0.6 is 0 Å². The summed E-state index contributed by atoms with van der Waals surface area (Å²) < 4.78 is 10.0. The number of hydrogen-bond acceptors (Lipinski definition) is 4. The molecule has 0 aliphatic carbocycles. The molecule has 0 bridgehead atoms. The molecule has 4 nitrogen and oxygen atoms in total. The van der Waals surface area contributed by atoms with Gasteiger partial charge < -0.3 is 14.8 Å². The van der Waals surface area contributed by atoms with Gasteiger partial charge in [0.25, 0.3) is 0 Å². The van der Waals surface area contributed by atoms with Gasteiger partial charge in [0, 0.05) is 13.7 Å². The quantitative estimate of drug-likeness (QED) is 0.447. The van der Waals surface area contributed by atoms with Gasteiger partial charge in [-0.15, -0.1) is 0 Å². The Kier molecular flexibility index (Phi) is 11.4. The summed E-state index contributed by atoms with van der Waals surface area (Å²) in [5.41, 5.74) is 0. The normalized spacial score (nSPS) is 12.4. The molecule has 0 saturated heterocycles. The van der Waals surface area contributed by atoms with Crippen LogP contribution in [0.2, 0.25) is 0 Å². The predicted molar refractivity (Wildman–Crippen MR) is 69.1 cm³/mol. The monoisotopic (exact) mass is 245 g/mol. The van der Waals surface area contributed by atoms with Crippen LogP contribution in [0, 0.1) is 0 Å². The molecule has 0 saturated carbocycles. The number of carbonyl (C=O) groups excluding carboxylic acids is 1. The van der Waals surface area contributed by atoms with Crippen molar-refractivity contribution >= 4 is 5.97 Å². The summed E-state index contributed by atoms with van der Waals surface area (Å²) in [6, 6.07) is -0.179. The maximum atomic E-state index is 11.7. The Morgan fingerprint density at radius 1 is 1.24 bits per heavy atom. The third kappa shape index (κ3) is 9.12. The molecule has 4 heteroatoms. The van der Waals surface area contributed by atoms with E-state index in [-0.39, 0.29) is 12.0 Å². The summed E-state index contributed by atoms with van der Waals surface area (Å²) in [4.78, 5) is 11.7. The SMILES string of the molecule is CCCCCCC(NCCOC)C(=O)OCC. The molecule has 102 valence electrons. The summed E-state index contributed by atoms with van der Waals surface area (Å²) in [5.74, 6) is -0.139. The molecular weight excluding hydrogens is 218 g/mol. The first-order valence-corrected chi connectivity index (χ1v) is 6.65. The van der Waals surface area contributed by atoms with E-state index in [1.165, 1.54) is 19.3 Å². The van der Waals surface area contributed by atoms with Gasteiger partial charge in [-0.3, -0.25) is 4.79 Å². The van der Waals surface area contributed by atoms with Crippen LogP contribution in [0.25, 0.3) is 0 Å². The van der Waals surface area contributed by atoms with E-state index in [1.807, 2.05) is 6.92 Å². The zero-order valence-corrected chi connectivity index (χ0v) is 11.5. The zero-order valence-electron chi connectivity index (χ0n) is 11.5. The second-order valence-corrected chi connectivity index (χ2v) is 4.10. The number of carbonyl (C=O) groups is 1. The van der Waals surface area contributed by atoms with Gasteiger partial charge in [0.2, 0.25) is 0 Å². The standard InChI is InChI=1S/C13H27NO3/c1-4-6-7-8-9-12(13(15)17-5-2)14-10-11-16-3/h12,14H,4-11H2,1-3H3. The lowest BCUT2D eigenvalue weighted by molar-refractivity contribution is -0.145. The lowest BCUT2D eigenvalue weighted by atomic mass is 10.1. The van der Waals surface area contributed by atoms with E-state index in [1.54, 1.807) is 7.11 Å².